The lowest BCUT2D eigenvalue weighted by Gasteiger charge is -2.28. The van der Waals surface area contributed by atoms with Crippen molar-refractivity contribution in [3.05, 3.63) is 53.3 Å². The van der Waals surface area contributed by atoms with Gasteiger partial charge in [0.25, 0.3) is 0 Å². The van der Waals surface area contributed by atoms with Crippen LogP contribution in [-0.2, 0) is 6.42 Å². The molecule has 6 rings (SSSR count). The highest BCUT2D eigenvalue weighted by Gasteiger charge is 2.38. The Morgan fingerprint density at radius 3 is 2.75 bits per heavy atom. The van der Waals surface area contributed by atoms with Crippen LogP contribution < -0.4 is 15.1 Å². The molecule has 0 aliphatic carbocycles. The predicted octanol–water partition coefficient (Wildman–Crippen LogP) is 3.87. The summed E-state index contributed by atoms with van der Waals surface area (Å²) in [5.41, 5.74) is 3.55. The summed E-state index contributed by atoms with van der Waals surface area (Å²) in [6, 6.07) is 11.7. The summed E-state index contributed by atoms with van der Waals surface area (Å²) in [5, 5.41) is 11.4. The second-order valence-corrected chi connectivity index (χ2v) is 9.26. The average Bonchev–Trinajstić information content (AvgIpc) is 3.61. The number of hydrogen-bond acceptors (Lipinski definition) is 7. The molecular formula is C23H24FN7S. The minimum absolute atomic E-state index is 0.247. The van der Waals surface area contributed by atoms with Gasteiger partial charge in [-0.15, -0.1) is 16.4 Å². The molecule has 0 saturated carbocycles. The first-order valence-corrected chi connectivity index (χ1v) is 11.8. The fraction of sp³-hybridized carbons (Fsp3) is 0.348. The Balaban J connectivity index is 1.38. The number of fused-ring (bicyclic) bond motifs is 3. The first-order chi connectivity index (χ1) is 15.6. The number of rotatable bonds is 5. The van der Waals surface area contributed by atoms with E-state index in [0.29, 0.717) is 12.1 Å². The summed E-state index contributed by atoms with van der Waals surface area (Å²) in [5.74, 6) is 1.68. The zero-order chi connectivity index (χ0) is 21.8. The minimum Gasteiger partial charge on any atom is -0.349 e. The predicted molar refractivity (Wildman–Crippen MR) is 125 cm³/mol. The maximum Gasteiger partial charge on any atom is 0.191 e. The molecule has 2 atom stereocenters. The molecule has 0 amide bonds. The van der Waals surface area contributed by atoms with E-state index in [1.807, 2.05) is 16.9 Å². The van der Waals surface area contributed by atoms with Gasteiger partial charge in [0, 0.05) is 43.2 Å². The van der Waals surface area contributed by atoms with E-state index in [1.165, 1.54) is 18.6 Å². The summed E-state index contributed by atoms with van der Waals surface area (Å²) >= 11 is 1.56. The topological polar surface area (TPSA) is 61.6 Å². The third-order valence-electron chi connectivity index (χ3n) is 6.43. The van der Waals surface area contributed by atoms with Crippen molar-refractivity contribution in [3.8, 4) is 11.3 Å². The molecule has 2 saturated heterocycles. The van der Waals surface area contributed by atoms with Crippen LogP contribution in [-0.4, -0.2) is 51.8 Å². The summed E-state index contributed by atoms with van der Waals surface area (Å²) in [6.07, 6.45) is 1.98. The zero-order valence-electron chi connectivity index (χ0n) is 18.0. The maximum atomic E-state index is 13.3. The number of thiazole rings is 1. The van der Waals surface area contributed by atoms with Gasteiger partial charge in [0.05, 0.1) is 11.4 Å². The molecule has 0 unspecified atom stereocenters. The lowest BCUT2D eigenvalue weighted by atomic mass is 10.2. The van der Waals surface area contributed by atoms with E-state index in [0.717, 1.165) is 58.9 Å². The van der Waals surface area contributed by atoms with Crippen LogP contribution in [0.25, 0.3) is 16.9 Å². The van der Waals surface area contributed by atoms with Crippen molar-refractivity contribution in [2.24, 2.45) is 0 Å². The monoisotopic (exact) mass is 449 g/mol. The molecule has 2 bridgehead atoms. The van der Waals surface area contributed by atoms with Crippen LogP contribution in [0.1, 0.15) is 19.0 Å². The Morgan fingerprint density at radius 2 is 2.03 bits per heavy atom. The highest BCUT2D eigenvalue weighted by molar-refractivity contribution is 7.14. The van der Waals surface area contributed by atoms with Crippen molar-refractivity contribution in [2.45, 2.75) is 31.8 Å². The fourth-order valence-electron chi connectivity index (χ4n) is 4.79. The van der Waals surface area contributed by atoms with Gasteiger partial charge in [-0.1, -0.05) is 6.92 Å². The lowest BCUT2D eigenvalue weighted by molar-refractivity contribution is 0.573. The Morgan fingerprint density at radius 1 is 1.19 bits per heavy atom. The number of imidazole rings is 1. The molecule has 5 heterocycles. The van der Waals surface area contributed by atoms with Crippen molar-refractivity contribution < 1.29 is 4.39 Å². The number of aryl methyl sites for hydroxylation is 1. The molecule has 4 aromatic rings. The number of piperazine rings is 1. The molecule has 2 aliphatic rings. The molecule has 7 nitrogen and oxygen atoms in total. The highest BCUT2D eigenvalue weighted by atomic mass is 32.1. The van der Waals surface area contributed by atoms with E-state index in [-0.39, 0.29) is 5.82 Å². The number of halogens is 1. The van der Waals surface area contributed by atoms with Crippen molar-refractivity contribution in [1.82, 2.24) is 24.9 Å². The van der Waals surface area contributed by atoms with Crippen LogP contribution in [0.2, 0.25) is 0 Å². The number of nitrogens with one attached hydrogen (secondary N) is 1. The van der Waals surface area contributed by atoms with Gasteiger partial charge in [-0.3, -0.25) is 0 Å². The van der Waals surface area contributed by atoms with Gasteiger partial charge in [0.2, 0.25) is 0 Å². The van der Waals surface area contributed by atoms with Crippen LogP contribution in [0.3, 0.4) is 0 Å². The van der Waals surface area contributed by atoms with E-state index >= 15 is 0 Å². The summed E-state index contributed by atoms with van der Waals surface area (Å²) in [4.78, 5) is 14.1. The van der Waals surface area contributed by atoms with E-state index in [1.54, 1.807) is 23.5 Å². The molecule has 1 N–H and O–H groups in total. The third-order valence-corrected chi connectivity index (χ3v) is 7.35. The van der Waals surface area contributed by atoms with E-state index < -0.39 is 0 Å². The molecule has 1 aromatic carbocycles. The number of hydrogen-bond donors (Lipinski definition) is 1. The normalized spacial score (nSPS) is 19.9. The van der Waals surface area contributed by atoms with Gasteiger partial charge in [-0.25, -0.2) is 14.4 Å². The van der Waals surface area contributed by atoms with E-state index in [9.17, 15) is 4.39 Å². The summed E-state index contributed by atoms with van der Waals surface area (Å²) in [7, 11) is 2.01. The second-order valence-electron chi connectivity index (χ2n) is 8.43. The Hall–Kier alpha value is -3.04. The number of anilines is 3. The molecular weight excluding hydrogens is 425 g/mol. The SMILES string of the molecule is CCc1nc2ccc(N3C[C@H]4C[C@H]3CN4)nn2c1N(C)c1nc(-c2ccc(F)cc2)cs1. The van der Waals surface area contributed by atoms with Gasteiger partial charge in [0.15, 0.2) is 16.6 Å². The minimum atomic E-state index is -0.247. The zero-order valence-corrected chi connectivity index (χ0v) is 18.8. The highest BCUT2D eigenvalue weighted by Crippen LogP contribution is 2.34. The second kappa shape index (κ2) is 7.53. The van der Waals surface area contributed by atoms with Gasteiger partial charge in [-0.2, -0.15) is 4.52 Å². The maximum absolute atomic E-state index is 13.3. The molecule has 164 valence electrons. The quantitative estimate of drug-likeness (QED) is 0.499. The van der Waals surface area contributed by atoms with Crippen molar-refractivity contribution in [2.75, 3.05) is 29.9 Å². The molecule has 0 spiro atoms. The standard InChI is InChI=1S/C23H24FN7S/c1-3-18-22(29(2)23-27-19(13-32-23)14-4-6-15(24)7-5-14)31-20(26-18)8-9-21(28-31)30-12-16-10-17(30)11-25-16/h4-9,13,16-17,25H,3,10-12H2,1-2H3/t16-,17+/m1/s1. The largest absolute Gasteiger partial charge is 0.349 e. The fourth-order valence-corrected chi connectivity index (χ4v) is 5.59. The van der Waals surface area contributed by atoms with E-state index in [2.05, 4.69) is 34.2 Å². The van der Waals surface area contributed by atoms with Crippen LogP contribution in [0.15, 0.2) is 41.8 Å². The molecule has 2 fully saturated rings. The number of aromatic nitrogens is 4. The van der Waals surface area contributed by atoms with Crippen molar-refractivity contribution in [1.29, 1.82) is 0 Å². The van der Waals surface area contributed by atoms with Crippen LogP contribution in [0, 0.1) is 5.82 Å². The Bertz CT molecular complexity index is 1280. The molecule has 32 heavy (non-hydrogen) atoms. The first kappa shape index (κ1) is 19.6. The molecule has 2 aliphatic heterocycles. The number of benzene rings is 1. The lowest BCUT2D eigenvalue weighted by Crippen LogP contribution is -2.44. The third kappa shape index (κ3) is 3.15. The van der Waals surface area contributed by atoms with Crippen LogP contribution in [0.5, 0.6) is 0 Å². The summed E-state index contributed by atoms with van der Waals surface area (Å²) in [6.45, 7) is 4.13. The Labute approximate surface area is 189 Å². The Kier molecular flexibility index (Phi) is 4.62. The van der Waals surface area contributed by atoms with Crippen LogP contribution in [0.4, 0.5) is 21.2 Å². The average molecular weight is 450 g/mol. The van der Waals surface area contributed by atoms with Crippen LogP contribution >= 0.6 is 11.3 Å². The molecule has 3 aromatic heterocycles. The van der Waals surface area contributed by atoms with Gasteiger partial charge >= 0.3 is 0 Å². The van der Waals surface area contributed by atoms with Gasteiger partial charge in [-0.05, 0) is 49.2 Å². The smallest absolute Gasteiger partial charge is 0.191 e. The molecule has 0 radical (unpaired) electrons. The van der Waals surface area contributed by atoms with E-state index in [4.69, 9.17) is 15.1 Å². The summed E-state index contributed by atoms with van der Waals surface area (Å²) < 4.78 is 15.2. The van der Waals surface area contributed by atoms with Crippen molar-refractivity contribution >= 4 is 33.8 Å². The molecule has 9 heteroatoms. The first-order valence-electron chi connectivity index (χ1n) is 10.9. The van der Waals surface area contributed by atoms with Gasteiger partial charge < -0.3 is 15.1 Å². The van der Waals surface area contributed by atoms with Crippen molar-refractivity contribution in [3.63, 3.8) is 0 Å². The number of nitrogens with zero attached hydrogens (tertiary/aromatic N) is 6. The van der Waals surface area contributed by atoms with Gasteiger partial charge in [0.1, 0.15) is 11.6 Å².